The minimum absolute atomic E-state index is 0.108. The van der Waals surface area contributed by atoms with E-state index < -0.39 is 0 Å². The fourth-order valence-electron chi connectivity index (χ4n) is 0.905. The lowest BCUT2D eigenvalue weighted by atomic mass is 10.3. The summed E-state index contributed by atoms with van der Waals surface area (Å²) in [6.45, 7) is 3.78. The van der Waals surface area contributed by atoms with Gasteiger partial charge in [0.1, 0.15) is 5.76 Å². The highest BCUT2D eigenvalue weighted by molar-refractivity contribution is 6.16. The minimum Gasteiger partial charge on any atom is -0.455 e. The van der Waals surface area contributed by atoms with Gasteiger partial charge >= 0.3 is 0 Å². The number of furan rings is 1. The van der Waals surface area contributed by atoms with Crippen molar-refractivity contribution in [2.24, 2.45) is 0 Å². The number of carbonyl (C=O) groups excluding carboxylic acids is 1. The highest BCUT2D eigenvalue weighted by atomic mass is 35.5. The van der Waals surface area contributed by atoms with Crippen molar-refractivity contribution in [2.75, 3.05) is 0 Å². The Hall–Kier alpha value is -0.960. The average Bonchev–Trinajstić information content (AvgIpc) is 2.50. The molecule has 4 heteroatoms. The van der Waals surface area contributed by atoms with Gasteiger partial charge in [-0.05, 0) is 26.0 Å². The summed E-state index contributed by atoms with van der Waals surface area (Å²) in [5.41, 5.74) is 0. The lowest BCUT2D eigenvalue weighted by molar-refractivity contribution is 0.0914. The third kappa shape index (κ3) is 2.77. The molecule has 0 atom stereocenters. The molecule has 1 N–H and O–H groups in total. The summed E-state index contributed by atoms with van der Waals surface area (Å²) in [6.07, 6.45) is 0. The van der Waals surface area contributed by atoms with Gasteiger partial charge in [-0.15, -0.1) is 11.6 Å². The van der Waals surface area contributed by atoms with E-state index in [1.807, 2.05) is 13.8 Å². The van der Waals surface area contributed by atoms with E-state index in [2.05, 4.69) is 5.32 Å². The first kappa shape index (κ1) is 10.1. The van der Waals surface area contributed by atoms with Crippen LogP contribution in [-0.2, 0) is 5.88 Å². The zero-order chi connectivity index (χ0) is 9.84. The van der Waals surface area contributed by atoms with Crippen molar-refractivity contribution in [3.63, 3.8) is 0 Å². The third-order valence-electron chi connectivity index (χ3n) is 1.44. The largest absolute Gasteiger partial charge is 0.455 e. The Balaban J connectivity index is 2.66. The van der Waals surface area contributed by atoms with Crippen molar-refractivity contribution in [2.45, 2.75) is 25.8 Å². The monoisotopic (exact) mass is 201 g/mol. The van der Waals surface area contributed by atoms with Gasteiger partial charge in [-0.25, -0.2) is 0 Å². The van der Waals surface area contributed by atoms with Crippen LogP contribution in [0.1, 0.15) is 30.2 Å². The van der Waals surface area contributed by atoms with Crippen LogP contribution >= 0.6 is 11.6 Å². The molecular weight excluding hydrogens is 190 g/mol. The summed E-state index contributed by atoms with van der Waals surface area (Å²) in [5, 5.41) is 2.72. The third-order valence-corrected chi connectivity index (χ3v) is 1.70. The second kappa shape index (κ2) is 4.33. The van der Waals surface area contributed by atoms with E-state index in [0.717, 1.165) is 0 Å². The van der Waals surface area contributed by atoms with Gasteiger partial charge in [0.25, 0.3) is 5.91 Å². The van der Waals surface area contributed by atoms with E-state index in [-0.39, 0.29) is 17.8 Å². The Morgan fingerprint density at radius 2 is 2.31 bits per heavy atom. The molecule has 1 aromatic rings. The maximum absolute atomic E-state index is 11.3. The number of alkyl halides is 1. The highest BCUT2D eigenvalue weighted by Gasteiger charge is 2.10. The minimum atomic E-state index is -0.202. The standard InChI is InChI=1S/C9H12ClNO2/c1-6(2)11-9(12)8-4-3-7(5-10)13-8/h3-4,6H,5H2,1-2H3,(H,11,12). The summed E-state index contributed by atoms with van der Waals surface area (Å²) >= 11 is 5.53. The van der Waals surface area contributed by atoms with Crippen LogP contribution in [-0.4, -0.2) is 11.9 Å². The smallest absolute Gasteiger partial charge is 0.287 e. The van der Waals surface area contributed by atoms with Crippen LogP contribution in [0.15, 0.2) is 16.5 Å². The van der Waals surface area contributed by atoms with Crippen LogP contribution < -0.4 is 5.32 Å². The first-order chi connectivity index (χ1) is 6.13. The molecule has 0 aliphatic rings. The van der Waals surface area contributed by atoms with Crippen LogP contribution in [0.25, 0.3) is 0 Å². The second-order valence-electron chi connectivity index (χ2n) is 3.03. The maximum atomic E-state index is 11.3. The number of hydrogen-bond acceptors (Lipinski definition) is 2. The van der Waals surface area contributed by atoms with E-state index in [0.29, 0.717) is 11.5 Å². The number of halogens is 1. The van der Waals surface area contributed by atoms with Gasteiger partial charge in [0.15, 0.2) is 5.76 Å². The molecule has 1 amide bonds. The zero-order valence-electron chi connectivity index (χ0n) is 7.63. The van der Waals surface area contributed by atoms with Crippen LogP contribution in [0.4, 0.5) is 0 Å². The van der Waals surface area contributed by atoms with Gasteiger partial charge in [0, 0.05) is 6.04 Å². The number of carbonyl (C=O) groups is 1. The number of rotatable bonds is 3. The number of amides is 1. The Labute approximate surface area is 82.1 Å². The zero-order valence-corrected chi connectivity index (χ0v) is 8.39. The lowest BCUT2D eigenvalue weighted by Crippen LogP contribution is -2.29. The molecule has 13 heavy (non-hydrogen) atoms. The fourth-order valence-corrected chi connectivity index (χ4v) is 1.05. The molecule has 1 heterocycles. The van der Waals surface area contributed by atoms with E-state index in [9.17, 15) is 4.79 Å². The first-order valence-electron chi connectivity index (χ1n) is 4.09. The van der Waals surface area contributed by atoms with Crippen molar-refractivity contribution in [3.8, 4) is 0 Å². The summed E-state index contributed by atoms with van der Waals surface area (Å²) < 4.78 is 5.15. The molecule has 0 saturated carbocycles. The molecule has 0 unspecified atom stereocenters. The fraction of sp³-hybridized carbons (Fsp3) is 0.444. The van der Waals surface area contributed by atoms with E-state index in [4.69, 9.17) is 16.0 Å². The van der Waals surface area contributed by atoms with Crippen molar-refractivity contribution in [1.82, 2.24) is 5.32 Å². The van der Waals surface area contributed by atoms with Crippen molar-refractivity contribution in [1.29, 1.82) is 0 Å². The normalized spacial score (nSPS) is 10.5. The first-order valence-corrected chi connectivity index (χ1v) is 4.62. The molecule has 1 aromatic heterocycles. The topological polar surface area (TPSA) is 42.2 Å². The molecule has 72 valence electrons. The van der Waals surface area contributed by atoms with Crippen LogP contribution in [0.3, 0.4) is 0 Å². The highest BCUT2D eigenvalue weighted by Crippen LogP contribution is 2.09. The Kier molecular flexibility index (Phi) is 3.37. The van der Waals surface area contributed by atoms with Gasteiger partial charge in [-0.3, -0.25) is 4.79 Å². The molecule has 1 rings (SSSR count). The lowest BCUT2D eigenvalue weighted by Gasteiger charge is -2.05. The van der Waals surface area contributed by atoms with Crippen LogP contribution in [0.2, 0.25) is 0 Å². The summed E-state index contributed by atoms with van der Waals surface area (Å²) in [5.74, 6) is 1.00. The van der Waals surface area contributed by atoms with Crippen molar-refractivity contribution < 1.29 is 9.21 Å². The Bertz CT molecular complexity index is 294. The molecule has 0 aliphatic heterocycles. The predicted molar refractivity (Wildman–Crippen MR) is 50.9 cm³/mol. The molecule has 0 spiro atoms. The van der Waals surface area contributed by atoms with E-state index in [1.54, 1.807) is 12.1 Å². The molecule has 0 fully saturated rings. The summed E-state index contributed by atoms with van der Waals surface area (Å²) in [4.78, 5) is 11.3. The maximum Gasteiger partial charge on any atom is 0.287 e. The van der Waals surface area contributed by atoms with Crippen LogP contribution in [0, 0.1) is 0 Å². The van der Waals surface area contributed by atoms with Gasteiger partial charge in [0.2, 0.25) is 0 Å². The predicted octanol–water partition coefficient (Wildman–Crippen LogP) is 2.16. The molecule has 0 aliphatic carbocycles. The SMILES string of the molecule is CC(C)NC(=O)c1ccc(CCl)o1. The Morgan fingerprint density at radius 3 is 2.77 bits per heavy atom. The van der Waals surface area contributed by atoms with Gasteiger partial charge < -0.3 is 9.73 Å². The van der Waals surface area contributed by atoms with Gasteiger partial charge in [-0.1, -0.05) is 0 Å². The molecule has 0 saturated heterocycles. The van der Waals surface area contributed by atoms with Gasteiger partial charge in [0.05, 0.1) is 5.88 Å². The summed E-state index contributed by atoms with van der Waals surface area (Å²) in [7, 11) is 0. The molecule has 0 bridgehead atoms. The van der Waals surface area contributed by atoms with E-state index in [1.165, 1.54) is 0 Å². The summed E-state index contributed by atoms with van der Waals surface area (Å²) in [6, 6.07) is 3.43. The van der Waals surface area contributed by atoms with Crippen molar-refractivity contribution in [3.05, 3.63) is 23.7 Å². The van der Waals surface area contributed by atoms with Crippen LogP contribution in [0.5, 0.6) is 0 Å². The molecule has 0 radical (unpaired) electrons. The average molecular weight is 202 g/mol. The van der Waals surface area contributed by atoms with E-state index >= 15 is 0 Å². The van der Waals surface area contributed by atoms with Crippen molar-refractivity contribution >= 4 is 17.5 Å². The molecule has 0 aromatic carbocycles. The number of hydrogen-bond donors (Lipinski definition) is 1. The number of nitrogens with one attached hydrogen (secondary N) is 1. The molecule has 3 nitrogen and oxygen atoms in total. The quantitative estimate of drug-likeness (QED) is 0.762. The van der Waals surface area contributed by atoms with Gasteiger partial charge in [-0.2, -0.15) is 0 Å². The Morgan fingerprint density at radius 1 is 1.62 bits per heavy atom. The second-order valence-corrected chi connectivity index (χ2v) is 3.30. The molecular formula is C9H12ClNO2.